The molecule has 0 spiro atoms. The van der Waals surface area contributed by atoms with Crippen molar-refractivity contribution in [2.24, 2.45) is 0 Å². The summed E-state index contributed by atoms with van der Waals surface area (Å²) < 4.78 is 10.8. The Labute approximate surface area is 159 Å². The van der Waals surface area contributed by atoms with Crippen LogP contribution in [0.15, 0.2) is 54.6 Å². The maximum absolute atomic E-state index is 12.2. The summed E-state index contributed by atoms with van der Waals surface area (Å²) in [4.78, 5) is 26.2. The minimum atomic E-state index is -0.291. The monoisotopic (exact) mass is 367 g/mol. The number of amides is 1. The van der Waals surface area contributed by atoms with Crippen molar-refractivity contribution >= 4 is 11.9 Å². The topological polar surface area (TPSA) is 55.8 Å². The molecule has 1 unspecified atom stereocenters. The number of likely N-dealkylation sites (tertiary alicyclic amines) is 1. The highest BCUT2D eigenvalue weighted by molar-refractivity contribution is 5.80. The maximum Gasteiger partial charge on any atom is 0.307 e. The van der Waals surface area contributed by atoms with E-state index in [9.17, 15) is 9.59 Å². The molecular formula is C22H25NO4. The van der Waals surface area contributed by atoms with Gasteiger partial charge < -0.3 is 14.4 Å². The molecule has 1 atom stereocenters. The summed E-state index contributed by atoms with van der Waals surface area (Å²) in [6.07, 6.45) is 1.41. The average molecular weight is 367 g/mol. The first-order valence-corrected chi connectivity index (χ1v) is 9.30. The lowest BCUT2D eigenvalue weighted by Crippen LogP contribution is -2.34. The van der Waals surface area contributed by atoms with Crippen molar-refractivity contribution in [1.82, 2.24) is 4.90 Å². The van der Waals surface area contributed by atoms with Crippen LogP contribution in [0.25, 0.3) is 0 Å². The number of para-hydroxylation sites is 1. The summed E-state index contributed by atoms with van der Waals surface area (Å²) in [6.45, 7) is 3.08. The molecule has 1 saturated heterocycles. The molecule has 2 aromatic carbocycles. The molecule has 142 valence electrons. The zero-order chi connectivity index (χ0) is 19.1. The van der Waals surface area contributed by atoms with Crippen LogP contribution < -0.4 is 4.74 Å². The second-order valence-corrected chi connectivity index (χ2v) is 6.79. The fraction of sp³-hybridized carbons (Fsp3) is 0.364. The molecular weight excluding hydrogens is 342 g/mol. The van der Waals surface area contributed by atoms with Crippen molar-refractivity contribution in [3.8, 4) is 5.75 Å². The van der Waals surface area contributed by atoms with Gasteiger partial charge in [-0.25, -0.2) is 0 Å². The van der Waals surface area contributed by atoms with Gasteiger partial charge in [-0.2, -0.15) is 0 Å². The Hall–Kier alpha value is -2.82. The predicted molar refractivity (Wildman–Crippen MR) is 102 cm³/mol. The van der Waals surface area contributed by atoms with E-state index in [4.69, 9.17) is 9.47 Å². The first-order valence-electron chi connectivity index (χ1n) is 9.30. The highest BCUT2D eigenvalue weighted by Gasteiger charge is 2.32. The molecule has 5 nitrogen and oxygen atoms in total. The van der Waals surface area contributed by atoms with Crippen LogP contribution in [0, 0.1) is 6.92 Å². The molecule has 3 rings (SSSR count). The number of carbonyl (C=O) groups excluding carboxylic acids is 2. The molecule has 0 aliphatic carbocycles. The summed E-state index contributed by atoms with van der Waals surface area (Å²) in [5.41, 5.74) is 2.26. The van der Waals surface area contributed by atoms with Gasteiger partial charge in [0.25, 0.3) is 0 Å². The molecule has 2 aromatic rings. The van der Waals surface area contributed by atoms with E-state index in [2.05, 4.69) is 0 Å². The van der Waals surface area contributed by atoms with Crippen LogP contribution in [0.1, 0.15) is 30.4 Å². The lowest BCUT2D eigenvalue weighted by atomic mass is 10.1. The number of benzene rings is 2. The van der Waals surface area contributed by atoms with E-state index in [1.165, 1.54) is 5.56 Å². The highest BCUT2D eigenvalue weighted by Crippen LogP contribution is 2.24. The number of hydrogen-bond donors (Lipinski definition) is 0. The lowest BCUT2D eigenvalue weighted by Gasteiger charge is -2.24. The van der Waals surface area contributed by atoms with Gasteiger partial charge in [0.1, 0.15) is 19.0 Å². The Morgan fingerprint density at radius 2 is 1.81 bits per heavy atom. The second kappa shape index (κ2) is 9.21. The predicted octanol–water partition coefficient (Wildman–Crippen LogP) is 3.50. The van der Waals surface area contributed by atoms with Crippen molar-refractivity contribution < 1.29 is 19.1 Å². The smallest absolute Gasteiger partial charge is 0.307 e. The largest absolute Gasteiger partial charge is 0.490 e. The summed E-state index contributed by atoms with van der Waals surface area (Å²) >= 11 is 0. The minimum Gasteiger partial charge on any atom is -0.490 e. The van der Waals surface area contributed by atoms with E-state index in [1.54, 1.807) is 4.90 Å². The summed E-state index contributed by atoms with van der Waals surface area (Å²) in [7, 11) is 0. The molecule has 1 amide bonds. The van der Waals surface area contributed by atoms with Gasteiger partial charge >= 0.3 is 5.97 Å². The van der Waals surface area contributed by atoms with Crippen LogP contribution in [0.4, 0.5) is 0 Å². The zero-order valence-corrected chi connectivity index (χ0v) is 15.6. The second-order valence-electron chi connectivity index (χ2n) is 6.79. The molecule has 1 aliphatic heterocycles. The van der Waals surface area contributed by atoms with Crippen LogP contribution in [0.3, 0.4) is 0 Å². The standard InChI is InChI=1S/C22H25NO4/c1-17-7-9-18(10-8-17)16-23-19(11-12-21(23)24)15-22(25)27-14-13-26-20-5-3-2-4-6-20/h2-10,19H,11-16H2,1H3. The Morgan fingerprint density at radius 1 is 1.07 bits per heavy atom. The van der Waals surface area contributed by atoms with E-state index >= 15 is 0 Å². The van der Waals surface area contributed by atoms with E-state index < -0.39 is 0 Å². The van der Waals surface area contributed by atoms with Gasteiger partial charge in [-0.05, 0) is 31.0 Å². The molecule has 5 heteroatoms. The van der Waals surface area contributed by atoms with Gasteiger partial charge in [-0.3, -0.25) is 9.59 Å². The minimum absolute atomic E-state index is 0.0960. The molecule has 1 fully saturated rings. The molecule has 27 heavy (non-hydrogen) atoms. The molecule has 0 N–H and O–H groups in total. The first kappa shape index (κ1) is 19.0. The molecule has 0 bridgehead atoms. The van der Waals surface area contributed by atoms with Gasteiger partial charge in [0, 0.05) is 19.0 Å². The molecule has 1 aliphatic rings. The van der Waals surface area contributed by atoms with Crippen molar-refractivity contribution in [1.29, 1.82) is 0 Å². The third-order valence-corrected chi connectivity index (χ3v) is 4.69. The number of ether oxygens (including phenoxy) is 2. The van der Waals surface area contributed by atoms with E-state index in [1.807, 2.05) is 61.5 Å². The Bertz CT molecular complexity index is 758. The first-order chi connectivity index (χ1) is 13.1. The zero-order valence-electron chi connectivity index (χ0n) is 15.6. The van der Waals surface area contributed by atoms with Crippen molar-refractivity contribution in [3.63, 3.8) is 0 Å². The summed E-state index contributed by atoms with van der Waals surface area (Å²) in [6, 6.07) is 17.4. The average Bonchev–Trinajstić information content (AvgIpc) is 3.01. The number of hydrogen-bond acceptors (Lipinski definition) is 4. The number of carbonyl (C=O) groups is 2. The van der Waals surface area contributed by atoms with Gasteiger partial charge in [-0.1, -0.05) is 48.0 Å². The Morgan fingerprint density at radius 3 is 2.56 bits per heavy atom. The summed E-state index contributed by atoms with van der Waals surface area (Å²) in [5.74, 6) is 0.556. The number of aryl methyl sites for hydroxylation is 1. The summed E-state index contributed by atoms with van der Waals surface area (Å²) in [5, 5.41) is 0. The number of esters is 1. The van der Waals surface area contributed by atoms with Crippen LogP contribution in [0.5, 0.6) is 5.75 Å². The van der Waals surface area contributed by atoms with Crippen molar-refractivity contribution in [2.45, 2.75) is 38.8 Å². The third-order valence-electron chi connectivity index (χ3n) is 4.69. The lowest BCUT2D eigenvalue weighted by molar-refractivity contribution is -0.146. The van der Waals surface area contributed by atoms with Gasteiger partial charge in [0.05, 0.1) is 6.42 Å². The fourth-order valence-corrected chi connectivity index (χ4v) is 3.20. The number of rotatable bonds is 8. The molecule has 0 radical (unpaired) electrons. The normalized spacial score (nSPS) is 16.4. The third kappa shape index (κ3) is 5.58. The van der Waals surface area contributed by atoms with Gasteiger partial charge in [0.15, 0.2) is 0 Å². The molecule has 0 saturated carbocycles. The van der Waals surface area contributed by atoms with Crippen molar-refractivity contribution in [3.05, 3.63) is 65.7 Å². The SMILES string of the molecule is Cc1ccc(CN2C(=O)CCC2CC(=O)OCCOc2ccccc2)cc1. The van der Waals surface area contributed by atoms with E-state index in [-0.39, 0.29) is 30.9 Å². The van der Waals surface area contributed by atoms with Crippen LogP contribution >= 0.6 is 0 Å². The van der Waals surface area contributed by atoms with Gasteiger partial charge in [-0.15, -0.1) is 0 Å². The van der Waals surface area contributed by atoms with Crippen LogP contribution in [-0.4, -0.2) is 36.0 Å². The Balaban J connectivity index is 1.44. The van der Waals surface area contributed by atoms with E-state index in [0.29, 0.717) is 26.0 Å². The Kier molecular flexibility index (Phi) is 6.47. The molecule has 0 aromatic heterocycles. The van der Waals surface area contributed by atoms with Crippen LogP contribution in [0.2, 0.25) is 0 Å². The van der Waals surface area contributed by atoms with Gasteiger partial charge in [0.2, 0.25) is 5.91 Å². The highest BCUT2D eigenvalue weighted by atomic mass is 16.6. The maximum atomic E-state index is 12.2. The van der Waals surface area contributed by atoms with Crippen LogP contribution in [-0.2, 0) is 20.9 Å². The number of nitrogens with zero attached hydrogens (tertiary/aromatic N) is 1. The molecule has 1 heterocycles. The fourth-order valence-electron chi connectivity index (χ4n) is 3.20. The quantitative estimate of drug-likeness (QED) is 0.529. The van der Waals surface area contributed by atoms with E-state index in [0.717, 1.165) is 11.3 Å². The van der Waals surface area contributed by atoms with Crippen molar-refractivity contribution in [2.75, 3.05) is 13.2 Å².